The van der Waals surface area contributed by atoms with Gasteiger partial charge in [0.05, 0.1) is 12.2 Å². The molecule has 1 fully saturated rings. The predicted octanol–water partition coefficient (Wildman–Crippen LogP) is 1.28. The lowest BCUT2D eigenvalue weighted by atomic mass is 10.1. The van der Waals surface area contributed by atoms with Crippen molar-refractivity contribution in [2.24, 2.45) is 5.92 Å². The number of nitrogens with zero attached hydrogens (tertiary/aromatic N) is 1. The minimum Gasteiger partial charge on any atom is -0.384 e. The lowest BCUT2D eigenvalue weighted by Crippen LogP contribution is -2.30. The number of carbonyl (C=O) groups is 1. The third-order valence-corrected chi connectivity index (χ3v) is 3.49. The number of amides is 1. The first kappa shape index (κ1) is 15.5. The Hall–Kier alpha value is -1.90. The molecule has 0 radical (unpaired) electrons. The van der Waals surface area contributed by atoms with Crippen molar-refractivity contribution in [3.8, 4) is 11.8 Å². The Morgan fingerprint density at radius 1 is 1.57 bits per heavy atom. The molecule has 1 aromatic rings. The maximum absolute atomic E-state index is 13.4. The topological polar surface area (TPSA) is 49.8 Å². The lowest BCUT2D eigenvalue weighted by molar-refractivity contribution is 0.0774. The molecule has 2 rings (SSSR count). The standard InChI is InChI=1S/C16H18FNO3/c1-21-11-12-6-7-18(10-12)16(20)15-9-14(17)5-4-13(15)3-2-8-19/h4-5,9,12,19H,6-8,10-11H2,1H3. The summed E-state index contributed by atoms with van der Waals surface area (Å²) in [4.78, 5) is 14.2. The van der Waals surface area contributed by atoms with E-state index in [0.29, 0.717) is 31.2 Å². The Bertz CT molecular complexity index is 577. The van der Waals surface area contributed by atoms with Gasteiger partial charge in [0.1, 0.15) is 12.4 Å². The van der Waals surface area contributed by atoms with Crippen LogP contribution in [0.2, 0.25) is 0 Å². The normalized spacial score (nSPS) is 17.5. The molecule has 1 amide bonds. The fraction of sp³-hybridized carbons (Fsp3) is 0.438. The first-order chi connectivity index (χ1) is 10.2. The average molecular weight is 291 g/mol. The van der Waals surface area contributed by atoms with E-state index in [1.54, 1.807) is 12.0 Å². The SMILES string of the molecule is COCC1CCN(C(=O)c2cc(F)ccc2C#CCO)C1. The van der Waals surface area contributed by atoms with Crippen molar-refractivity contribution >= 4 is 5.91 Å². The molecule has 0 bridgehead atoms. The molecule has 1 N–H and O–H groups in total. The fourth-order valence-electron chi connectivity index (χ4n) is 2.50. The molecule has 112 valence electrons. The van der Waals surface area contributed by atoms with E-state index in [1.807, 2.05) is 0 Å². The molecule has 1 heterocycles. The second kappa shape index (κ2) is 7.21. The van der Waals surface area contributed by atoms with Gasteiger partial charge in [-0.05, 0) is 24.6 Å². The van der Waals surface area contributed by atoms with Crippen molar-refractivity contribution in [2.45, 2.75) is 6.42 Å². The molecule has 0 aromatic heterocycles. The van der Waals surface area contributed by atoms with Gasteiger partial charge in [-0.15, -0.1) is 0 Å². The molecular formula is C16H18FNO3. The molecule has 0 spiro atoms. The van der Waals surface area contributed by atoms with Crippen LogP contribution < -0.4 is 0 Å². The summed E-state index contributed by atoms with van der Waals surface area (Å²) in [6.07, 6.45) is 0.881. The van der Waals surface area contributed by atoms with E-state index in [1.165, 1.54) is 18.2 Å². The number of hydrogen-bond acceptors (Lipinski definition) is 3. The summed E-state index contributed by atoms with van der Waals surface area (Å²) in [6.45, 7) is 1.56. The molecule has 1 aromatic carbocycles. The maximum Gasteiger partial charge on any atom is 0.255 e. The van der Waals surface area contributed by atoms with Gasteiger partial charge in [0.15, 0.2) is 0 Å². The molecule has 1 atom stereocenters. The second-order valence-corrected chi connectivity index (χ2v) is 5.01. The van der Waals surface area contributed by atoms with Gasteiger partial charge in [-0.1, -0.05) is 11.8 Å². The van der Waals surface area contributed by atoms with Gasteiger partial charge in [0.2, 0.25) is 0 Å². The first-order valence-electron chi connectivity index (χ1n) is 6.83. The third kappa shape index (κ3) is 3.81. The average Bonchev–Trinajstić information content (AvgIpc) is 2.94. The number of aliphatic hydroxyl groups excluding tert-OH is 1. The molecule has 5 heteroatoms. The van der Waals surface area contributed by atoms with Crippen LogP contribution in [0.25, 0.3) is 0 Å². The van der Waals surface area contributed by atoms with Gasteiger partial charge in [-0.3, -0.25) is 4.79 Å². The van der Waals surface area contributed by atoms with Gasteiger partial charge in [0.25, 0.3) is 5.91 Å². The number of benzene rings is 1. The summed E-state index contributed by atoms with van der Waals surface area (Å²) >= 11 is 0. The lowest BCUT2D eigenvalue weighted by Gasteiger charge is -2.17. The van der Waals surface area contributed by atoms with Gasteiger partial charge in [0, 0.05) is 31.7 Å². The van der Waals surface area contributed by atoms with E-state index >= 15 is 0 Å². The predicted molar refractivity (Wildman–Crippen MR) is 76.3 cm³/mol. The zero-order valence-electron chi connectivity index (χ0n) is 11.9. The summed E-state index contributed by atoms with van der Waals surface area (Å²) in [5.41, 5.74) is 0.680. The zero-order chi connectivity index (χ0) is 15.2. The second-order valence-electron chi connectivity index (χ2n) is 5.01. The van der Waals surface area contributed by atoms with Crippen LogP contribution in [-0.2, 0) is 4.74 Å². The number of rotatable bonds is 3. The highest BCUT2D eigenvalue weighted by Gasteiger charge is 2.28. The highest BCUT2D eigenvalue weighted by Crippen LogP contribution is 2.21. The Morgan fingerprint density at radius 2 is 2.38 bits per heavy atom. The molecule has 0 aliphatic carbocycles. The number of carbonyl (C=O) groups excluding carboxylic acids is 1. The van der Waals surface area contributed by atoms with E-state index in [-0.39, 0.29) is 18.1 Å². The number of ether oxygens (including phenoxy) is 1. The van der Waals surface area contributed by atoms with Crippen LogP contribution in [0.1, 0.15) is 22.3 Å². The Labute approximate surface area is 123 Å². The number of methoxy groups -OCH3 is 1. The molecule has 1 aliphatic heterocycles. The summed E-state index contributed by atoms with van der Waals surface area (Å²) in [6, 6.07) is 3.93. The Kier molecular flexibility index (Phi) is 5.32. The van der Waals surface area contributed by atoms with Crippen LogP contribution in [0.4, 0.5) is 4.39 Å². The molecule has 1 saturated heterocycles. The van der Waals surface area contributed by atoms with E-state index in [2.05, 4.69) is 11.8 Å². The monoisotopic (exact) mass is 291 g/mol. The van der Waals surface area contributed by atoms with Gasteiger partial charge >= 0.3 is 0 Å². The Morgan fingerprint density at radius 3 is 3.10 bits per heavy atom. The third-order valence-electron chi connectivity index (χ3n) is 3.49. The van der Waals surface area contributed by atoms with Gasteiger partial charge in [-0.2, -0.15) is 0 Å². The van der Waals surface area contributed by atoms with E-state index in [9.17, 15) is 9.18 Å². The molecule has 21 heavy (non-hydrogen) atoms. The number of aliphatic hydroxyl groups is 1. The highest BCUT2D eigenvalue weighted by atomic mass is 19.1. The van der Waals surface area contributed by atoms with Crippen LogP contribution in [0, 0.1) is 23.6 Å². The van der Waals surface area contributed by atoms with Crippen molar-refractivity contribution in [2.75, 3.05) is 33.4 Å². The largest absolute Gasteiger partial charge is 0.384 e. The van der Waals surface area contributed by atoms with Crippen molar-refractivity contribution < 1.29 is 19.0 Å². The van der Waals surface area contributed by atoms with Gasteiger partial charge in [-0.25, -0.2) is 4.39 Å². The van der Waals surface area contributed by atoms with Crippen LogP contribution in [-0.4, -0.2) is 49.3 Å². The summed E-state index contributed by atoms with van der Waals surface area (Å²) in [5, 5.41) is 8.76. The minimum atomic E-state index is -0.472. The first-order valence-corrected chi connectivity index (χ1v) is 6.83. The molecule has 1 aliphatic rings. The summed E-state index contributed by atoms with van der Waals surface area (Å²) < 4.78 is 18.5. The van der Waals surface area contributed by atoms with E-state index < -0.39 is 5.82 Å². The van der Waals surface area contributed by atoms with Crippen LogP contribution in [0.15, 0.2) is 18.2 Å². The molecular weight excluding hydrogens is 273 g/mol. The van der Waals surface area contributed by atoms with Crippen LogP contribution in [0.5, 0.6) is 0 Å². The molecule has 4 nitrogen and oxygen atoms in total. The van der Waals surface area contributed by atoms with E-state index in [0.717, 1.165) is 6.42 Å². The maximum atomic E-state index is 13.4. The quantitative estimate of drug-likeness (QED) is 0.854. The number of likely N-dealkylation sites (tertiary alicyclic amines) is 1. The van der Waals surface area contributed by atoms with E-state index in [4.69, 9.17) is 9.84 Å². The number of hydrogen-bond donors (Lipinski definition) is 1. The van der Waals surface area contributed by atoms with Crippen LogP contribution >= 0.6 is 0 Å². The molecule has 1 unspecified atom stereocenters. The fourth-order valence-corrected chi connectivity index (χ4v) is 2.50. The van der Waals surface area contributed by atoms with Crippen molar-refractivity contribution in [3.63, 3.8) is 0 Å². The van der Waals surface area contributed by atoms with Crippen molar-refractivity contribution in [3.05, 3.63) is 35.1 Å². The smallest absolute Gasteiger partial charge is 0.255 e. The van der Waals surface area contributed by atoms with Crippen LogP contribution in [0.3, 0.4) is 0 Å². The van der Waals surface area contributed by atoms with Crippen molar-refractivity contribution in [1.29, 1.82) is 0 Å². The summed E-state index contributed by atoms with van der Waals surface area (Å²) in [7, 11) is 1.64. The minimum absolute atomic E-state index is 0.227. The molecule has 0 saturated carbocycles. The van der Waals surface area contributed by atoms with Gasteiger partial charge < -0.3 is 14.7 Å². The zero-order valence-corrected chi connectivity index (χ0v) is 11.9. The Balaban J connectivity index is 2.21. The number of halogens is 1. The highest BCUT2D eigenvalue weighted by molar-refractivity contribution is 5.97. The van der Waals surface area contributed by atoms with Crippen molar-refractivity contribution in [1.82, 2.24) is 4.90 Å². The summed E-state index contributed by atoms with van der Waals surface area (Å²) in [5.74, 6) is 4.80.